The average Bonchev–Trinajstić information content (AvgIpc) is 2.40. The number of hydrogen-bond acceptors (Lipinski definition) is 2. The normalized spacial score (nSPS) is 15.0. The lowest BCUT2D eigenvalue weighted by Gasteiger charge is -2.13. The third-order valence-electron chi connectivity index (χ3n) is 3.29. The number of nitrogens with one attached hydrogen (secondary N) is 1. The molecule has 0 aromatic heterocycles. The highest BCUT2D eigenvalue weighted by molar-refractivity contribution is 5.94. The van der Waals surface area contributed by atoms with E-state index >= 15 is 0 Å². The number of anilines is 1. The van der Waals surface area contributed by atoms with Crippen molar-refractivity contribution in [1.82, 2.24) is 5.32 Å². The molecule has 0 heterocycles. The highest BCUT2D eigenvalue weighted by atomic mass is 16.1. The van der Waals surface area contributed by atoms with Crippen molar-refractivity contribution in [2.45, 2.75) is 32.1 Å². The van der Waals surface area contributed by atoms with Gasteiger partial charge in [0.25, 0.3) is 5.91 Å². The molecule has 3 N–H and O–H groups in total. The number of allylic oxidation sites excluding steroid dienone is 1. The molecule has 0 atom stereocenters. The highest BCUT2D eigenvalue weighted by Crippen LogP contribution is 2.19. The smallest absolute Gasteiger partial charge is 0.251 e. The summed E-state index contributed by atoms with van der Waals surface area (Å²) in [5.74, 6) is -0.0218. The first-order chi connectivity index (χ1) is 8.75. The molecule has 2 rings (SSSR count). The molecule has 96 valence electrons. The molecule has 1 aromatic rings. The molecule has 0 saturated carbocycles. The van der Waals surface area contributed by atoms with Gasteiger partial charge in [-0.2, -0.15) is 0 Å². The summed E-state index contributed by atoms with van der Waals surface area (Å²) < 4.78 is 0. The van der Waals surface area contributed by atoms with Gasteiger partial charge in [-0.1, -0.05) is 11.6 Å². The predicted molar refractivity (Wildman–Crippen MR) is 74.4 cm³/mol. The van der Waals surface area contributed by atoms with E-state index in [1.807, 2.05) is 0 Å². The first-order valence-electron chi connectivity index (χ1n) is 6.57. The van der Waals surface area contributed by atoms with Gasteiger partial charge in [-0.25, -0.2) is 0 Å². The molecule has 0 bridgehead atoms. The standard InChI is InChI=1S/C15H20N2O/c16-14-8-6-13(7-9-14)15(18)17-11-10-12-4-2-1-3-5-12/h4,6-9H,1-3,5,10-11,16H2,(H,17,18). The largest absolute Gasteiger partial charge is 0.399 e. The maximum Gasteiger partial charge on any atom is 0.251 e. The fourth-order valence-corrected chi connectivity index (χ4v) is 2.20. The molecule has 18 heavy (non-hydrogen) atoms. The Kier molecular flexibility index (Phi) is 4.40. The molecular weight excluding hydrogens is 224 g/mol. The van der Waals surface area contributed by atoms with Crippen molar-refractivity contribution in [2.75, 3.05) is 12.3 Å². The Balaban J connectivity index is 1.78. The Labute approximate surface area is 108 Å². The van der Waals surface area contributed by atoms with Crippen LogP contribution in [0.2, 0.25) is 0 Å². The van der Waals surface area contributed by atoms with Crippen LogP contribution >= 0.6 is 0 Å². The van der Waals surface area contributed by atoms with E-state index in [4.69, 9.17) is 5.73 Å². The Morgan fingerprint density at radius 2 is 2.00 bits per heavy atom. The molecule has 0 radical (unpaired) electrons. The molecule has 1 aliphatic carbocycles. The van der Waals surface area contributed by atoms with Crippen molar-refractivity contribution >= 4 is 11.6 Å². The molecule has 0 aliphatic heterocycles. The Bertz CT molecular complexity index is 434. The van der Waals surface area contributed by atoms with E-state index in [0.717, 1.165) is 13.0 Å². The van der Waals surface area contributed by atoms with E-state index in [9.17, 15) is 4.79 Å². The number of carbonyl (C=O) groups is 1. The third-order valence-corrected chi connectivity index (χ3v) is 3.29. The number of rotatable bonds is 4. The lowest BCUT2D eigenvalue weighted by atomic mass is 9.97. The number of hydrogen-bond donors (Lipinski definition) is 2. The fraction of sp³-hybridized carbons (Fsp3) is 0.400. The van der Waals surface area contributed by atoms with Crippen molar-refractivity contribution < 1.29 is 4.79 Å². The summed E-state index contributed by atoms with van der Waals surface area (Å²) in [5.41, 5.74) is 8.42. The minimum Gasteiger partial charge on any atom is -0.399 e. The van der Waals surface area contributed by atoms with Crippen LogP contribution in [0.5, 0.6) is 0 Å². The van der Waals surface area contributed by atoms with Crippen LogP contribution in [0.25, 0.3) is 0 Å². The van der Waals surface area contributed by atoms with Gasteiger partial charge in [-0.05, 0) is 56.4 Å². The summed E-state index contributed by atoms with van der Waals surface area (Å²) in [7, 11) is 0. The zero-order chi connectivity index (χ0) is 12.8. The summed E-state index contributed by atoms with van der Waals surface area (Å²) in [5, 5.41) is 2.95. The molecular formula is C15H20N2O. The van der Waals surface area contributed by atoms with Crippen LogP contribution < -0.4 is 11.1 Å². The quantitative estimate of drug-likeness (QED) is 0.632. The number of nitrogen functional groups attached to an aromatic ring is 1. The third kappa shape index (κ3) is 3.62. The van der Waals surface area contributed by atoms with Gasteiger partial charge in [0.2, 0.25) is 0 Å². The predicted octanol–water partition coefficient (Wildman–Crippen LogP) is 2.89. The van der Waals surface area contributed by atoms with Crippen molar-refractivity contribution in [1.29, 1.82) is 0 Å². The molecule has 0 spiro atoms. The van der Waals surface area contributed by atoms with E-state index in [1.54, 1.807) is 24.3 Å². The van der Waals surface area contributed by atoms with Gasteiger partial charge in [0, 0.05) is 17.8 Å². The van der Waals surface area contributed by atoms with E-state index in [2.05, 4.69) is 11.4 Å². The number of carbonyl (C=O) groups excluding carboxylic acids is 1. The van der Waals surface area contributed by atoms with Crippen LogP contribution in [0.4, 0.5) is 5.69 Å². The van der Waals surface area contributed by atoms with Crippen molar-refractivity contribution in [3.63, 3.8) is 0 Å². The van der Waals surface area contributed by atoms with Crippen LogP contribution in [0.15, 0.2) is 35.9 Å². The second-order valence-corrected chi connectivity index (χ2v) is 4.74. The maximum atomic E-state index is 11.8. The van der Waals surface area contributed by atoms with E-state index < -0.39 is 0 Å². The summed E-state index contributed by atoms with van der Waals surface area (Å²) in [6.07, 6.45) is 8.28. The Hall–Kier alpha value is -1.77. The second kappa shape index (κ2) is 6.24. The van der Waals surface area contributed by atoms with E-state index in [1.165, 1.54) is 31.3 Å². The summed E-state index contributed by atoms with van der Waals surface area (Å²) in [6, 6.07) is 7.01. The Morgan fingerprint density at radius 3 is 2.67 bits per heavy atom. The maximum absolute atomic E-state index is 11.8. The van der Waals surface area contributed by atoms with Crippen LogP contribution in [0, 0.1) is 0 Å². The van der Waals surface area contributed by atoms with E-state index in [0.29, 0.717) is 11.3 Å². The van der Waals surface area contributed by atoms with Crippen molar-refractivity contribution in [3.8, 4) is 0 Å². The second-order valence-electron chi connectivity index (χ2n) is 4.74. The lowest BCUT2D eigenvalue weighted by molar-refractivity contribution is 0.0954. The van der Waals surface area contributed by atoms with Crippen molar-refractivity contribution in [2.24, 2.45) is 0 Å². The molecule has 0 fully saturated rings. The molecule has 0 unspecified atom stereocenters. The number of amides is 1. The minimum absolute atomic E-state index is 0.0218. The molecule has 3 nitrogen and oxygen atoms in total. The minimum atomic E-state index is -0.0218. The summed E-state index contributed by atoms with van der Waals surface area (Å²) in [6.45, 7) is 0.717. The summed E-state index contributed by atoms with van der Waals surface area (Å²) in [4.78, 5) is 11.8. The first-order valence-corrected chi connectivity index (χ1v) is 6.57. The monoisotopic (exact) mass is 244 g/mol. The lowest BCUT2D eigenvalue weighted by Crippen LogP contribution is -2.24. The van der Waals surface area contributed by atoms with Gasteiger partial charge < -0.3 is 11.1 Å². The van der Waals surface area contributed by atoms with Gasteiger partial charge >= 0.3 is 0 Å². The van der Waals surface area contributed by atoms with Gasteiger partial charge in [0.1, 0.15) is 0 Å². The average molecular weight is 244 g/mol. The summed E-state index contributed by atoms with van der Waals surface area (Å²) >= 11 is 0. The van der Waals surface area contributed by atoms with Gasteiger partial charge in [-0.3, -0.25) is 4.79 Å². The zero-order valence-corrected chi connectivity index (χ0v) is 10.6. The molecule has 1 aromatic carbocycles. The van der Waals surface area contributed by atoms with Crippen LogP contribution in [0.1, 0.15) is 42.5 Å². The molecule has 1 aliphatic rings. The van der Waals surface area contributed by atoms with Gasteiger partial charge in [-0.15, -0.1) is 0 Å². The van der Waals surface area contributed by atoms with Gasteiger partial charge in [0.05, 0.1) is 0 Å². The SMILES string of the molecule is Nc1ccc(C(=O)NCCC2=CCCCC2)cc1. The molecule has 3 heteroatoms. The topological polar surface area (TPSA) is 55.1 Å². The molecule has 0 saturated heterocycles. The highest BCUT2D eigenvalue weighted by Gasteiger charge is 2.06. The van der Waals surface area contributed by atoms with Crippen LogP contribution in [0.3, 0.4) is 0 Å². The molecule has 1 amide bonds. The van der Waals surface area contributed by atoms with Crippen LogP contribution in [-0.4, -0.2) is 12.5 Å². The first kappa shape index (κ1) is 12.7. The van der Waals surface area contributed by atoms with Gasteiger partial charge in [0.15, 0.2) is 0 Å². The Morgan fingerprint density at radius 1 is 1.22 bits per heavy atom. The number of nitrogens with two attached hydrogens (primary N) is 1. The van der Waals surface area contributed by atoms with E-state index in [-0.39, 0.29) is 5.91 Å². The van der Waals surface area contributed by atoms with Crippen molar-refractivity contribution in [3.05, 3.63) is 41.5 Å². The van der Waals surface area contributed by atoms with Crippen LogP contribution in [-0.2, 0) is 0 Å². The zero-order valence-electron chi connectivity index (χ0n) is 10.6. The number of benzene rings is 1. The fourth-order valence-electron chi connectivity index (χ4n) is 2.20.